The molecule has 0 saturated heterocycles. The summed E-state index contributed by atoms with van der Waals surface area (Å²) in [5, 5.41) is 0. The molecule has 307 valence electrons. The van der Waals surface area contributed by atoms with Gasteiger partial charge in [-0.2, -0.15) is 0 Å². The quantitative estimate of drug-likeness (QED) is 0.0583. The van der Waals surface area contributed by atoms with Crippen LogP contribution in [0.3, 0.4) is 0 Å². The molecule has 0 aromatic heterocycles. The summed E-state index contributed by atoms with van der Waals surface area (Å²) in [4.78, 5) is 0. The second-order valence-electron chi connectivity index (χ2n) is 17.4. The number of rotatable bonds is 46. The van der Waals surface area contributed by atoms with Crippen LogP contribution in [0.2, 0.25) is 0 Å². The first kappa shape index (κ1) is 50.9. The van der Waals surface area contributed by atoms with Gasteiger partial charge in [-0.15, -0.1) is 0 Å². The summed E-state index contributed by atoms with van der Waals surface area (Å²) >= 11 is 0. The first-order valence-corrected chi connectivity index (χ1v) is 24.1. The van der Waals surface area contributed by atoms with Gasteiger partial charge in [-0.1, -0.05) is 265 Å². The van der Waals surface area contributed by atoms with Crippen molar-refractivity contribution in [3.05, 3.63) is 6.92 Å². The maximum Gasteiger partial charge on any atom is 0.0541 e. The monoisotopic (exact) mass is 720 g/mol. The molecule has 0 unspecified atom stereocenters. The molecule has 0 aliphatic carbocycles. The lowest BCUT2D eigenvalue weighted by Crippen LogP contribution is -2.26. The highest BCUT2D eigenvalue weighted by Gasteiger charge is 2.18. The Morgan fingerprint density at radius 3 is 0.608 bits per heavy atom. The Hall–Kier alpha value is -0.0800. The number of unbranched alkanes of at least 4 members (excludes halogenated alkanes) is 38. The predicted octanol–water partition coefficient (Wildman–Crippen LogP) is 17.5. The van der Waals surface area contributed by atoms with Crippen molar-refractivity contribution >= 4 is 0 Å². The molecule has 0 aromatic rings. The van der Waals surface area contributed by atoms with Gasteiger partial charge in [-0.05, 0) is 19.8 Å². The van der Waals surface area contributed by atoms with E-state index < -0.39 is 0 Å². The normalized spacial score (nSPS) is 12.0. The summed E-state index contributed by atoms with van der Waals surface area (Å²) in [6.07, 6.45) is 57.0. The van der Waals surface area contributed by atoms with E-state index in [0.29, 0.717) is 13.2 Å². The Balaban J connectivity index is 3.24. The smallest absolute Gasteiger partial charge is 0.0541 e. The second kappa shape index (κ2) is 44.3. The standard InChI is InChI=1S/C49H99O2/c1-5-7-9-11-13-15-17-19-21-23-25-27-29-31-33-35-37-39-41-43-45-50-47-49(3,4)48-51-46-44-42-40-38-36-34-32-30-28-26-24-22-20-18-16-14-12-10-8-6-2/h3,5-48H2,1-2,4H3. The zero-order valence-electron chi connectivity index (χ0n) is 36.1. The Bertz CT molecular complexity index is 551. The van der Waals surface area contributed by atoms with Crippen molar-refractivity contribution in [1.82, 2.24) is 0 Å². The lowest BCUT2D eigenvalue weighted by Gasteiger charge is -2.24. The van der Waals surface area contributed by atoms with Crippen molar-refractivity contribution in [3.63, 3.8) is 0 Å². The van der Waals surface area contributed by atoms with Gasteiger partial charge in [0.1, 0.15) is 0 Å². The molecule has 2 heteroatoms. The molecule has 0 amide bonds. The highest BCUT2D eigenvalue weighted by molar-refractivity contribution is 4.76. The molecule has 0 bridgehead atoms. The first-order chi connectivity index (χ1) is 25.1. The fourth-order valence-electron chi connectivity index (χ4n) is 7.60. The van der Waals surface area contributed by atoms with Crippen molar-refractivity contribution in [2.24, 2.45) is 5.41 Å². The van der Waals surface area contributed by atoms with Gasteiger partial charge < -0.3 is 9.47 Å². The zero-order chi connectivity index (χ0) is 37.0. The molecule has 0 fully saturated rings. The minimum absolute atomic E-state index is 0.124. The zero-order valence-corrected chi connectivity index (χ0v) is 36.1. The van der Waals surface area contributed by atoms with Crippen LogP contribution in [0.25, 0.3) is 0 Å². The molecule has 0 aliphatic heterocycles. The third kappa shape index (κ3) is 46.0. The molecule has 0 N–H and O–H groups in total. The van der Waals surface area contributed by atoms with Crippen LogP contribution in [-0.4, -0.2) is 26.4 Å². The molecule has 1 radical (unpaired) electrons. The fourth-order valence-corrected chi connectivity index (χ4v) is 7.60. The average molecular weight is 720 g/mol. The van der Waals surface area contributed by atoms with Gasteiger partial charge in [0, 0.05) is 18.6 Å². The summed E-state index contributed by atoms with van der Waals surface area (Å²) in [6, 6.07) is 0. The average Bonchev–Trinajstić information content (AvgIpc) is 3.12. The van der Waals surface area contributed by atoms with Crippen molar-refractivity contribution < 1.29 is 9.47 Å². The number of ether oxygens (including phenoxy) is 2. The Morgan fingerprint density at radius 2 is 0.431 bits per heavy atom. The van der Waals surface area contributed by atoms with Crippen molar-refractivity contribution in [3.8, 4) is 0 Å². The first-order valence-electron chi connectivity index (χ1n) is 24.1. The minimum atomic E-state index is -0.124. The second-order valence-corrected chi connectivity index (χ2v) is 17.4. The third-order valence-corrected chi connectivity index (χ3v) is 11.2. The van der Waals surface area contributed by atoms with Crippen molar-refractivity contribution in [2.75, 3.05) is 26.4 Å². The van der Waals surface area contributed by atoms with E-state index >= 15 is 0 Å². The van der Waals surface area contributed by atoms with E-state index in [1.54, 1.807) is 0 Å². The molecule has 0 rings (SSSR count). The van der Waals surface area contributed by atoms with Crippen LogP contribution in [0.5, 0.6) is 0 Å². The van der Waals surface area contributed by atoms with Crippen LogP contribution in [-0.2, 0) is 9.47 Å². The maximum atomic E-state index is 5.99. The van der Waals surface area contributed by atoms with Gasteiger partial charge in [0.15, 0.2) is 0 Å². The number of hydrogen-bond acceptors (Lipinski definition) is 2. The van der Waals surface area contributed by atoms with Crippen molar-refractivity contribution in [2.45, 2.75) is 278 Å². The van der Waals surface area contributed by atoms with Crippen molar-refractivity contribution in [1.29, 1.82) is 0 Å². The van der Waals surface area contributed by atoms with Crippen LogP contribution >= 0.6 is 0 Å². The summed E-state index contributed by atoms with van der Waals surface area (Å²) in [5.41, 5.74) is -0.124. The lowest BCUT2D eigenvalue weighted by molar-refractivity contribution is 0.00783. The van der Waals surface area contributed by atoms with E-state index in [-0.39, 0.29) is 5.41 Å². The molecule has 0 aliphatic rings. The summed E-state index contributed by atoms with van der Waals surface area (Å²) < 4.78 is 12.0. The Labute approximate surface area is 324 Å². The molecular formula is C49H99O2. The highest BCUT2D eigenvalue weighted by atomic mass is 16.5. The van der Waals surface area contributed by atoms with E-state index in [1.165, 1.54) is 257 Å². The van der Waals surface area contributed by atoms with Gasteiger partial charge >= 0.3 is 0 Å². The van der Waals surface area contributed by atoms with Gasteiger partial charge in [0.05, 0.1) is 13.2 Å². The fraction of sp³-hybridized carbons (Fsp3) is 0.980. The van der Waals surface area contributed by atoms with E-state index in [9.17, 15) is 0 Å². The van der Waals surface area contributed by atoms with E-state index in [1.807, 2.05) is 0 Å². The number of hydrogen-bond donors (Lipinski definition) is 0. The molecule has 0 spiro atoms. The SMILES string of the molecule is [CH2]C(C)(COCCCCCCCCCCCCCCCCCCCCCC)COCCCCCCCCCCCCCCCCCCCCCC. The van der Waals surface area contributed by atoms with E-state index in [0.717, 1.165) is 13.2 Å². The molecule has 0 saturated carbocycles. The van der Waals surface area contributed by atoms with Crippen LogP contribution in [0.4, 0.5) is 0 Å². The van der Waals surface area contributed by atoms with Crippen LogP contribution in [0.15, 0.2) is 0 Å². The molecule has 0 aromatic carbocycles. The van der Waals surface area contributed by atoms with Gasteiger partial charge in [-0.3, -0.25) is 0 Å². The summed E-state index contributed by atoms with van der Waals surface area (Å²) in [6.45, 7) is 14.3. The molecule has 0 heterocycles. The largest absolute Gasteiger partial charge is 0.381 e. The predicted molar refractivity (Wildman–Crippen MR) is 231 cm³/mol. The topological polar surface area (TPSA) is 18.5 Å². The Kier molecular flexibility index (Phi) is 44.2. The minimum Gasteiger partial charge on any atom is -0.381 e. The lowest BCUT2D eigenvalue weighted by atomic mass is 9.96. The summed E-state index contributed by atoms with van der Waals surface area (Å²) in [5.74, 6) is 0. The Morgan fingerprint density at radius 1 is 0.275 bits per heavy atom. The molecular weight excluding hydrogens is 621 g/mol. The van der Waals surface area contributed by atoms with Crippen LogP contribution < -0.4 is 0 Å². The summed E-state index contributed by atoms with van der Waals surface area (Å²) in [7, 11) is 0. The molecule has 0 atom stereocenters. The van der Waals surface area contributed by atoms with E-state index in [4.69, 9.17) is 9.47 Å². The highest BCUT2D eigenvalue weighted by Crippen LogP contribution is 2.19. The molecule has 51 heavy (non-hydrogen) atoms. The third-order valence-electron chi connectivity index (χ3n) is 11.2. The van der Waals surface area contributed by atoms with Crippen LogP contribution in [0, 0.1) is 12.3 Å². The van der Waals surface area contributed by atoms with E-state index in [2.05, 4.69) is 27.7 Å². The van der Waals surface area contributed by atoms with Gasteiger partial charge in [0.25, 0.3) is 0 Å². The van der Waals surface area contributed by atoms with Gasteiger partial charge in [0.2, 0.25) is 0 Å². The molecule has 2 nitrogen and oxygen atoms in total. The van der Waals surface area contributed by atoms with Gasteiger partial charge in [-0.25, -0.2) is 0 Å². The van der Waals surface area contributed by atoms with Crippen LogP contribution in [0.1, 0.15) is 278 Å². The maximum absolute atomic E-state index is 5.99.